The Morgan fingerprint density at radius 3 is 2.18 bits per heavy atom. The Balaban J connectivity index is 3.93. The first-order valence-corrected chi connectivity index (χ1v) is 3.35. The summed E-state index contributed by atoms with van der Waals surface area (Å²) in [5.74, 6) is 0.632. The first kappa shape index (κ1) is 9.82. The minimum Gasteiger partial charge on any atom is -0.497 e. The van der Waals surface area contributed by atoms with E-state index in [2.05, 4.69) is 13.2 Å². The largest absolute Gasteiger partial charge is 0.497 e. The molecule has 0 bridgehead atoms. The van der Waals surface area contributed by atoms with Gasteiger partial charge in [-0.05, 0) is 12.2 Å². The highest BCUT2D eigenvalue weighted by molar-refractivity contribution is 5.19. The minimum absolute atomic E-state index is 0.632. The molecule has 0 aliphatic rings. The average molecular weight is 153 g/mol. The van der Waals surface area contributed by atoms with Gasteiger partial charge in [-0.15, -0.1) is 0 Å². The topological polar surface area (TPSA) is 12.5 Å². The zero-order chi connectivity index (χ0) is 8.85. The summed E-state index contributed by atoms with van der Waals surface area (Å²) in [6, 6.07) is 0. The molecule has 0 saturated carbocycles. The van der Waals surface area contributed by atoms with E-state index in [0.29, 0.717) is 5.76 Å². The maximum atomic E-state index is 4.84. The van der Waals surface area contributed by atoms with Gasteiger partial charge in [0.1, 0.15) is 5.76 Å². The smallest absolute Gasteiger partial charge is 0.111 e. The van der Waals surface area contributed by atoms with Crippen molar-refractivity contribution >= 4 is 0 Å². The van der Waals surface area contributed by atoms with E-state index in [1.807, 2.05) is 25.1 Å². The summed E-state index contributed by atoms with van der Waals surface area (Å²) in [4.78, 5) is 1.92. The summed E-state index contributed by atoms with van der Waals surface area (Å²) < 4.78 is 4.84. The Hall–Kier alpha value is -1.18. The van der Waals surface area contributed by atoms with Crippen molar-refractivity contribution in [1.29, 1.82) is 0 Å². The van der Waals surface area contributed by atoms with Crippen LogP contribution in [0.3, 0.4) is 0 Å². The molecular weight excluding hydrogens is 138 g/mol. The molecule has 0 fully saturated rings. The van der Waals surface area contributed by atoms with Crippen molar-refractivity contribution < 1.29 is 4.74 Å². The van der Waals surface area contributed by atoms with E-state index in [9.17, 15) is 0 Å². The van der Waals surface area contributed by atoms with E-state index >= 15 is 0 Å². The Morgan fingerprint density at radius 1 is 1.27 bits per heavy atom. The van der Waals surface area contributed by atoms with Gasteiger partial charge < -0.3 is 9.64 Å². The van der Waals surface area contributed by atoms with Crippen LogP contribution in [0.5, 0.6) is 0 Å². The Kier molecular flexibility index (Phi) is 4.11. The van der Waals surface area contributed by atoms with Crippen LogP contribution >= 0.6 is 0 Å². The molecule has 0 aliphatic carbocycles. The Labute approximate surface area is 68.5 Å². The first-order valence-electron chi connectivity index (χ1n) is 3.35. The van der Waals surface area contributed by atoms with Crippen LogP contribution < -0.4 is 0 Å². The number of hydrogen-bond acceptors (Lipinski definition) is 2. The molecular formula is C9H15NO. The van der Waals surface area contributed by atoms with Gasteiger partial charge in [0.25, 0.3) is 0 Å². The standard InChI is InChI=1S/C9H15NO/c1-8(10(3)4)6-7-9(2)11-5/h6-7H,1-2H2,3-5H3/b7-6-. The van der Waals surface area contributed by atoms with Gasteiger partial charge in [0, 0.05) is 19.8 Å². The number of allylic oxidation sites excluding steroid dienone is 2. The summed E-state index contributed by atoms with van der Waals surface area (Å²) in [5.41, 5.74) is 0.920. The second kappa shape index (κ2) is 4.61. The highest BCUT2D eigenvalue weighted by atomic mass is 16.5. The van der Waals surface area contributed by atoms with Gasteiger partial charge in [0.15, 0.2) is 0 Å². The van der Waals surface area contributed by atoms with Gasteiger partial charge >= 0.3 is 0 Å². The van der Waals surface area contributed by atoms with Crippen LogP contribution in [-0.2, 0) is 4.74 Å². The monoisotopic (exact) mass is 153 g/mol. The number of likely N-dealkylation sites (N-methyl/N-ethyl adjacent to an activating group) is 1. The summed E-state index contributed by atoms with van der Waals surface area (Å²) in [5, 5.41) is 0. The van der Waals surface area contributed by atoms with Crippen molar-refractivity contribution in [2.24, 2.45) is 0 Å². The molecule has 62 valence electrons. The molecule has 2 nitrogen and oxygen atoms in total. The highest BCUT2D eigenvalue weighted by Crippen LogP contribution is 2.00. The van der Waals surface area contributed by atoms with Gasteiger partial charge in [-0.3, -0.25) is 0 Å². The van der Waals surface area contributed by atoms with Crippen molar-refractivity contribution in [2.45, 2.75) is 0 Å². The van der Waals surface area contributed by atoms with E-state index in [0.717, 1.165) is 5.70 Å². The van der Waals surface area contributed by atoms with Crippen LogP contribution in [0.15, 0.2) is 36.8 Å². The molecule has 0 atom stereocenters. The maximum absolute atomic E-state index is 4.84. The van der Waals surface area contributed by atoms with Crippen LogP contribution in [0.25, 0.3) is 0 Å². The van der Waals surface area contributed by atoms with Crippen molar-refractivity contribution in [3.8, 4) is 0 Å². The number of hydrogen-bond donors (Lipinski definition) is 0. The zero-order valence-electron chi connectivity index (χ0n) is 7.42. The summed E-state index contributed by atoms with van der Waals surface area (Å²) >= 11 is 0. The fourth-order valence-corrected chi connectivity index (χ4v) is 0.406. The average Bonchev–Trinajstić information content (AvgIpc) is 1.99. The third kappa shape index (κ3) is 4.25. The highest BCUT2D eigenvalue weighted by Gasteiger charge is 1.88. The van der Waals surface area contributed by atoms with Gasteiger partial charge in [0.2, 0.25) is 0 Å². The normalized spacial score (nSPS) is 9.73. The van der Waals surface area contributed by atoms with Crippen molar-refractivity contribution in [3.63, 3.8) is 0 Å². The van der Waals surface area contributed by atoms with Gasteiger partial charge in [-0.25, -0.2) is 0 Å². The fraction of sp³-hybridized carbons (Fsp3) is 0.333. The van der Waals surface area contributed by atoms with Gasteiger partial charge in [0.05, 0.1) is 7.11 Å². The molecule has 0 unspecified atom stereocenters. The van der Waals surface area contributed by atoms with Crippen LogP contribution in [0.4, 0.5) is 0 Å². The first-order chi connectivity index (χ1) is 5.07. The summed E-state index contributed by atoms with van der Waals surface area (Å²) in [7, 11) is 5.45. The van der Waals surface area contributed by atoms with Crippen LogP contribution in [-0.4, -0.2) is 26.1 Å². The maximum Gasteiger partial charge on any atom is 0.111 e. The summed E-state index contributed by atoms with van der Waals surface area (Å²) in [6.45, 7) is 7.44. The second-order valence-electron chi connectivity index (χ2n) is 2.39. The second-order valence-corrected chi connectivity index (χ2v) is 2.39. The lowest BCUT2D eigenvalue weighted by Crippen LogP contribution is -2.07. The van der Waals surface area contributed by atoms with Crippen molar-refractivity contribution in [3.05, 3.63) is 36.8 Å². The minimum atomic E-state index is 0.632. The lowest BCUT2D eigenvalue weighted by molar-refractivity contribution is 0.308. The fourth-order valence-electron chi connectivity index (χ4n) is 0.406. The SMILES string of the molecule is C=C(/C=C\C(=C)N(C)C)OC. The van der Waals surface area contributed by atoms with E-state index in [1.54, 1.807) is 13.2 Å². The van der Waals surface area contributed by atoms with Crippen LogP contribution in [0, 0.1) is 0 Å². The zero-order valence-corrected chi connectivity index (χ0v) is 7.42. The molecule has 0 amide bonds. The number of nitrogens with zero attached hydrogens (tertiary/aromatic N) is 1. The van der Waals surface area contributed by atoms with Crippen LogP contribution in [0.1, 0.15) is 0 Å². The van der Waals surface area contributed by atoms with Crippen LogP contribution in [0.2, 0.25) is 0 Å². The number of ether oxygens (including phenoxy) is 1. The predicted octanol–water partition coefficient (Wildman–Crippen LogP) is 1.78. The van der Waals surface area contributed by atoms with Crippen molar-refractivity contribution in [1.82, 2.24) is 4.90 Å². The molecule has 0 heterocycles. The predicted molar refractivity (Wildman–Crippen MR) is 48.1 cm³/mol. The van der Waals surface area contributed by atoms with E-state index in [-0.39, 0.29) is 0 Å². The molecule has 0 aromatic heterocycles. The molecule has 0 aromatic carbocycles. The molecule has 0 N–H and O–H groups in total. The third-order valence-corrected chi connectivity index (χ3v) is 1.30. The molecule has 0 radical (unpaired) electrons. The lowest BCUT2D eigenvalue weighted by atomic mass is 10.3. The lowest BCUT2D eigenvalue weighted by Gasteiger charge is -2.10. The van der Waals surface area contributed by atoms with Gasteiger partial charge in [-0.2, -0.15) is 0 Å². The molecule has 0 spiro atoms. The number of rotatable bonds is 4. The summed E-state index contributed by atoms with van der Waals surface area (Å²) in [6.07, 6.45) is 3.63. The molecule has 2 heteroatoms. The van der Waals surface area contributed by atoms with Crippen molar-refractivity contribution in [2.75, 3.05) is 21.2 Å². The molecule has 0 aliphatic heterocycles. The van der Waals surface area contributed by atoms with E-state index in [4.69, 9.17) is 4.74 Å². The molecule has 0 aromatic rings. The Morgan fingerprint density at radius 2 is 1.82 bits per heavy atom. The van der Waals surface area contributed by atoms with Gasteiger partial charge in [-0.1, -0.05) is 13.2 Å². The molecule has 0 saturated heterocycles. The number of methoxy groups -OCH3 is 1. The molecule has 0 rings (SSSR count). The quantitative estimate of drug-likeness (QED) is 0.451. The third-order valence-electron chi connectivity index (χ3n) is 1.30. The Bertz CT molecular complexity index is 180. The van der Waals surface area contributed by atoms with E-state index in [1.165, 1.54) is 0 Å². The van der Waals surface area contributed by atoms with E-state index < -0.39 is 0 Å². The molecule has 11 heavy (non-hydrogen) atoms.